The predicted molar refractivity (Wildman–Crippen MR) is 65.0 cm³/mol. The van der Waals surface area contributed by atoms with Crippen LogP contribution in [0.5, 0.6) is 0 Å². The molecule has 2 N–H and O–H groups in total. The topological polar surface area (TPSA) is 86.1 Å². The van der Waals surface area contributed by atoms with Crippen LogP contribution < -0.4 is 0 Å². The molecule has 0 bridgehead atoms. The van der Waals surface area contributed by atoms with Crippen molar-refractivity contribution in [1.29, 1.82) is 5.26 Å². The number of alkyl halides is 3. The van der Waals surface area contributed by atoms with Crippen molar-refractivity contribution in [2.45, 2.75) is 11.8 Å². The number of aliphatic hydroxyl groups is 1. The second kappa shape index (κ2) is 4.79. The van der Waals surface area contributed by atoms with E-state index in [9.17, 15) is 23.1 Å². The molecule has 0 saturated heterocycles. The van der Waals surface area contributed by atoms with Crippen LogP contribution in [0.15, 0.2) is 24.4 Å². The Hall–Kier alpha value is -2.53. The number of methoxy groups -OCH3 is 1. The van der Waals surface area contributed by atoms with Crippen LogP contribution in [0.3, 0.4) is 0 Å². The summed E-state index contributed by atoms with van der Waals surface area (Å²) >= 11 is 0. The number of nitrogens with zero attached hydrogens (tertiary/aromatic N) is 1. The molecule has 0 aliphatic carbocycles. The summed E-state index contributed by atoms with van der Waals surface area (Å²) in [5.74, 6) is -1.85. The SMILES string of the molecule is COC(=O)[C@](O)(c1c[nH]c2ccc(C#N)cc12)C(F)(F)F. The molecule has 110 valence electrons. The summed E-state index contributed by atoms with van der Waals surface area (Å²) in [5.41, 5.74) is -4.18. The molecule has 0 aliphatic heterocycles. The van der Waals surface area contributed by atoms with Gasteiger partial charge in [-0.15, -0.1) is 0 Å². The first-order chi connectivity index (χ1) is 9.75. The first-order valence-electron chi connectivity index (χ1n) is 5.65. The van der Waals surface area contributed by atoms with Crippen LogP contribution in [0.25, 0.3) is 10.9 Å². The first-order valence-corrected chi connectivity index (χ1v) is 5.65. The Morgan fingerprint density at radius 3 is 2.62 bits per heavy atom. The maximum Gasteiger partial charge on any atom is 0.432 e. The van der Waals surface area contributed by atoms with Gasteiger partial charge < -0.3 is 14.8 Å². The van der Waals surface area contributed by atoms with E-state index in [1.54, 1.807) is 6.07 Å². The predicted octanol–water partition coefficient (Wildman–Crippen LogP) is 1.96. The van der Waals surface area contributed by atoms with E-state index in [0.717, 1.165) is 19.4 Å². The van der Waals surface area contributed by atoms with Crippen molar-refractivity contribution in [3.8, 4) is 6.07 Å². The van der Waals surface area contributed by atoms with Crippen molar-refractivity contribution in [1.82, 2.24) is 4.98 Å². The van der Waals surface area contributed by atoms with E-state index in [1.165, 1.54) is 12.1 Å². The lowest BCUT2D eigenvalue weighted by Crippen LogP contribution is -2.49. The fraction of sp³-hybridized carbons (Fsp3) is 0.231. The van der Waals surface area contributed by atoms with Crippen LogP contribution in [-0.2, 0) is 15.1 Å². The number of esters is 1. The van der Waals surface area contributed by atoms with E-state index < -0.39 is 23.3 Å². The lowest BCUT2D eigenvalue weighted by molar-refractivity contribution is -0.266. The minimum Gasteiger partial charge on any atom is -0.466 e. The number of hydrogen-bond donors (Lipinski definition) is 2. The number of hydrogen-bond acceptors (Lipinski definition) is 4. The molecule has 2 rings (SSSR count). The number of fused-ring (bicyclic) bond motifs is 1. The molecule has 5 nitrogen and oxygen atoms in total. The average molecular weight is 298 g/mol. The fourth-order valence-electron chi connectivity index (χ4n) is 2.02. The fourth-order valence-corrected chi connectivity index (χ4v) is 2.02. The molecule has 0 spiro atoms. The van der Waals surface area contributed by atoms with E-state index in [0.29, 0.717) is 0 Å². The smallest absolute Gasteiger partial charge is 0.432 e. The normalized spacial score (nSPS) is 14.5. The zero-order valence-electron chi connectivity index (χ0n) is 10.7. The lowest BCUT2D eigenvalue weighted by atomic mass is 9.92. The summed E-state index contributed by atoms with van der Waals surface area (Å²) in [6.07, 6.45) is -4.41. The molecule has 0 saturated carbocycles. The second-order valence-corrected chi connectivity index (χ2v) is 4.27. The lowest BCUT2D eigenvalue weighted by Gasteiger charge is -2.27. The molecule has 8 heteroatoms. The zero-order valence-corrected chi connectivity index (χ0v) is 10.7. The maximum atomic E-state index is 13.2. The third-order valence-corrected chi connectivity index (χ3v) is 3.09. The highest BCUT2D eigenvalue weighted by molar-refractivity contribution is 5.92. The van der Waals surface area contributed by atoms with Crippen molar-refractivity contribution in [2.75, 3.05) is 7.11 Å². The Labute approximate surface area is 116 Å². The van der Waals surface area contributed by atoms with Crippen molar-refractivity contribution in [2.24, 2.45) is 0 Å². The van der Waals surface area contributed by atoms with E-state index in [-0.39, 0.29) is 16.5 Å². The largest absolute Gasteiger partial charge is 0.466 e. The zero-order chi connectivity index (χ0) is 15.8. The molecule has 0 aliphatic rings. The van der Waals surface area contributed by atoms with Gasteiger partial charge in [0.15, 0.2) is 0 Å². The van der Waals surface area contributed by atoms with Gasteiger partial charge in [0.05, 0.1) is 18.7 Å². The summed E-state index contributed by atoms with van der Waals surface area (Å²) in [6.45, 7) is 0. The molecule has 0 amide bonds. The van der Waals surface area contributed by atoms with E-state index in [4.69, 9.17) is 5.26 Å². The van der Waals surface area contributed by atoms with Gasteiger partial charge in [-0.3, -0.25) is 0 Å². The molecular weight excluding hydrogens is 289 g/mol. The van der Waals surface area contributed by atoms with Crippen LogP contribution in [0.1, 0.15) is 11.1 Å². The molecule has 0 unspecified atom stereocenters. The number of nitrogens with one attached hydrogen (secondary N) is 1. The van der Waals surface area contributed by atoms with E-state index in [1.807, 2.05) is 0 Å². The van der Waals surface area contributed by atoms with Gasteiger partial charge in [-0.1, -0.05) is 0 Å². The summed E-state index contributed by atoms with van der Waals surface area (Å²) in [6, 6.07) is 5.71. The summed E-state index contributed by atoms with van der Waals surface area (Å²) < 4.78 is 43.6. The third-order valence-electron chi connectivity index (χ3n) is 3.09. The van der Waals surface area contributed by atoms with Gasteiger partial charge in [-0.05, 0) is 18.2 Å². The highest BCUT2D eigenvalue weighted by atomic mass is 19.4. The number of carbonyl (C=O) groups is 1. The number of aromatic amines is 1. The van der Waals surface area contributed by atoms with Gasteiger partial charge in [-0.2, -0.15) is 18.4 Å². The number of rotatable bonds is 2. The standard InChI is InChI=1S/C13H9F3N2O3/c1-21-11(19)12(20,13(14,15)16)9-6-18-10-3-2-7(5-17)4-8(9)10/h2-4,6,18,20H,1H3/t12-/m1/s1. The number of aromatic nitrogens is 1. The highest BCUT2D eigenvalue weighted by Crippen LogP contribution is 2.42. The highest BCUT2D eigenvalue weighted by Gasteiger charge is 2.63. The molecular formula is C13H9F3N2O3. The molecule has 1 atom stereocenters. The Morgan fingerprint density at radius 2 is 2.10 bits per heavy atom. The quantitative estimate of drug-likeness (QED) is 0.830. The van der Waals surface area contributed by atoms with E-state index in [2.05, 4.69) is 9.72 Å². The molecule has 0 radical (unpaired) electrons. The van der Waals surface area contributed by atoms with E-state index >= 15 is 0 Å². The second-order valence-electron chi connectivity index (χ2n) is 4.27. The summed E-state index contributed by atoms with van der Waals surface area (Å²) in [4.78, 5) is 14.0. The molecule has 1 aromatic heterocycles. The van der Waals surface area contributed by atoms with Crippen molar-refractivity contribution in [3.63, 3.8) is 0 Å². The molecule has 1 heterocycles. The van der Waals surface area contributed by atoms with Gasteiger partial charge in [0.1, 0.15) is 0 Å². The minimum atomic E-state index is -5.28. The van der Waals surface area contributed by atoms with Crippen LogP contribution in [0.4, 0.5) is 13.2 Å². The Balaban J connectivity index is 2.78. The Kier molecular flexibility index (Phi) is 3.39. The first kappa shape index (κ1) is 14.9. The minimum absolute atomic E-state index is 0.0840. The number of benzene rings is 1. The number of H-pyrrole nitrogens is 1. The van der Waals surface area contributed by atoms with Crippen LogP contribution in [-0.4, -0.2) is 29.3 Å². The molecule has 0 fully saturated rings. The van der Waals surface area contributed by atoms with Crippen molar-refractivity contribution >= 4 is 16.9 Å². The average Bonchev–Trinajstić information content (AvgIpc) is 2.87. The van der Waals surface area contributed by atoms with Crippen LogP contribution in [0, 0.1) is 11.3 Å². The Bertz CT molecular complexity index is 745. The van der Waals surface area contributed by atoms with Crippen LogP contribution in [0.2, 0.25) is 0 Å². The Morgan fingerprint density at radius 1 is 1.43 bits per heavy atom. The monoisotopic (exact) mass is 298 g/mol. The van der Waals surface area contributed by atoms with Gasteiger partial charge in [0.25, 0.3) is 5.60 Å². The van der Waals surface area contributed by atoms with Crippen molar-refractivity contribution < 1.29 is 27.8 Å². The summed E-state index contributed by atoms with van der Waals surface area (Å²) in [7, 11) is 0.745. The van der Waals surface area contributed by atoms with Gasteiger partial charge in [0.2, 0.25) is 0 Å². The van der Waals surface area contributed by atoms with Gasteiger partial charge in [0, 0.05) is 22.7 Å². The number of ether oxygens (including phenoxy) is 1. The van der Waals surface area contributed by atoms with Gasteiger partial charge >= 0.3 is 12.1 Å². The molecule has 1 aromatic carbocycles. The van der Waals surface area contributed by atoms with Crippen LogP contribution >= 0.6 is 0 Å². The maximum absolute atomic E-state index is 13.2. The summed E-state index contributed by atoms with van der Waals surface area (Å²) in [5, 5.41) is 18.7. The molecule has 21 heavy (non-hydrogen) atoms. The number of halogens is 3. The molecule has 2 aromatic rings. The van der Waals surface area contributed by atoms with Gasteiger partial charge in [-0.25, -0.2) is 4.79 Å². The third kappa shape index (κ3) is 2.11. The number of nitriles is 1. The van der Waals surface area contributed by atoms with Crippen molar-refractivity contribution in [3.05, 3.63) is 35.5 Å². The number of carbonyl (C=O) groups excluding carboxylic acids is 1.